The molecule has 5 N–H and O–H groups in total. The second-order valence-electron chi connectivity index (χ2n) is 3.69. The summed E-state index contributed by atoms with van der Waals surface area (Å²) in [5.74, 6) is -0.192. The van der Waals surface area contributed by atoms with E-state index in [4.69, 9.17) is 20.9 Å². The smallest absolute Gasteiger partial charge is 0.267 e. The Bertz CT molecular complexity index is 411. The number of carbonyl (C=O) groups is 1. The number of pyridine rings is 1. The van der Waals surface area contributed by atoms with Crippen molar-refractivity contribution in [3.63, 3.8) is 0 Å². The van der Waals surface area contributed by atoms with Crippen LogP contribution < -0.4 is 16.8 Å². The van der Waals surface area contributed by atoms with Gasteiger partial charge in [-0.2, -0.15) is 0 Å². The molecule has 0 saturated heterocycles. The molecule has 0 spiro atoms. The van der Waals surface area contributed by atoms with E-state index < -0.39 is 5.91 Å². The van der Waals surface area contributed by atoms with E-state index in [1.165, 1.54) is 6.07 Å². The Morgan fingerprint density at radius 3 is 2.78 bits per heavy atom. The highest BCUT2D eigenvalue weighted by molar-refractivity contribution is 5.91. The second kappa shape index (κ2) is 6.77. The maximum Gasteiger partial charge on any atom is 0.267 e. The molecule has 0 fully saturated rings. The van der Waals surface area contributed by atoms with Crippen molar-refractivity contribution in [1.29, 1.82) is 0 Å². The Morgan fingerprint density at radius 1 is 1.50 bits per heavy atom. The first-order valence-corrected chi connectivity index (χ1v) is 5.40. The maximum absolute atomic E-state index is 11.0. The lowest BCUT2D eigenvalue weighted by atomic mass is 10.3. The number of primary amides is 1. The number of aromatic nitrogens is 1. The number of nitrogens with zero attached hydrogens (tertiary/aromatic N) is 1. The average molecular weight is 254 g/mol. The van der Waals surface area contributed by atoms with Crippen LogP contribution in [-0.4, -0.2) is 44.4 Å². The lowest BCUT2D eigenvalue weighted by Crippen LogP contribution is -2.27. The molecule has 0 radical (unpaired) electrons. The van der Waals surface area contributed by atoms with Crippen molar-refractivity contribution in [1.82, 2.24) is 4.98 Å². The summed E-state index contributed by atoms with van der Waals surface area (Å²) in [6.45, 7) is 0.905. The van der Waals surface area contributed by atoms with Gasteiger partial charge in [-0.05, 0) is 12.1 Å². The molecular formula is C11H18N4O3. The SMILES string of the molecule is COCC(CNc1nc(C(N)=O)ccc1N)OC. The molecule has 1 aromatic rings. The van der Waals surface area contributed by atoms with Crippen LogP contribution in [0.25, 0.3) is 0 Å². The van der Waals surface area contributed by atoms with Gasteiger partial charge in [-0.1, -0.05) is 0 Å². The molecule has 100 valence electrons. The van der Waals surface area contributed by atoms with Crippen LogP contribution in [-0.2, 0) is 9.47 Å². The fourth-order valence-electron chi connectivity index (χ4n) is 1.36. The van der Waals surface area contributed by atoms with E-state index in [-0.39, 0.29) is 11.8 Å². The third-order valence-corrected chi connectivity index (χ3v) is 2.36. The van der Waals surface area contributed by atoms with E-state index in [2.05, 4.69) is 10.3 Å². The molecule has 7 nitrogen and oxygen atoms in total. The van der Waals surface area contributed by atoms with Gasteiger partial charge in [0, 0.05) is 20.8 Å². The van der Waals surface area contributed by atoms with Crippen LogP contribution in [0.5, 0.6) is 0 Å². The molecule has 0 aromatic carbocycles. The Labute approximate surface area is 105 Å². The van der Waals surface area contributed by atoms with Crippen LogP contribution >= 0.6 is 0 Å². The summed E-state index contributed by atoms with van der Waals surface area (Å²) in [6.07, 6.45) is -0.131. The molecule has 0 saturated carbocycles. The number of carbonyl (C=O) groups excluding carboxylic acids is 1. The lowest BCUT2D eigenvalue weighted by molar-refractivity contribution is 0.0365. The minimum absolute atomic E-state index is 0.131. The molecule has 1 amide bonds. The second-order valence-corrected chi connectivity index (χ2v) is 3.69. The largest absolute Gasteiger partial charge is 0.396 e. The topological polar surface area (TPSA) is 112 Å². The summed E-state index contributed by atoms with van der Waals surface area (Å²) in [5.41, 5.74) is 11.5. The molecule has 0 aliphatic heterocycles. The summed E-state index contributed by atoms with van der Waals surface area (Å²) >= 11 is 0. The van der Waals surface area contributed by atoms with Crippen LogP contribution in [0.3, 0.4) is 0 Å². The number of anilines is 2. The van der Waals surface area contributed by atoms with Crippen LogP contribution in [0, 0.1) is 0 Å². The Morgan fingerprint density at radius 2 is 2.22 bits per heavy atom. The molecule has 0 aliphatic rings. The van der Waals surface area contributed by atoms with Gasteiger partial charge < -0.3 is 26.3 Å². The Kier molecular flexibility index (Phi) is 5.34. The van der Waals surface area contributed by atoms with Crippen LogP contribution in [0.15, 0.2) is 12.1 Å². The van der Waals surface area contributed by atoms with Crippen LogP contribution in [0.4, 0.5) is 11.5 Å². The minimum Gasteiger partial charge on any atom is -0.396 e. The normalized spacial score (nSPS) is 12.1. The van der Waals surface area contributed by atoms with E-state index in [1.807, 2.05) is 0 Å². The quantitative estimate of drug-likeness (QED) is 0.623. The zero-order valence-corrected chi connectivity index (χ0v) is 10.5. The van der Waals surface area contributed by atoms with Gasteiger partial charge in [-0.3, -0.25) is 4.79 Å². The summed E-state index contributed by atoms with van der Waals surface area (Å²) in [5, 5.41) is 3.00. The van der Waals surface area contributed by atoms with Crippen molar-refractivity contribution in [2.75, 3.05) is 38.4 Å². The molecular weight excluding hydrogens is 236 g/mol. The van der Waals surface area contributed by atoms with E-state index in [1.54, 1.807) is 20.3 Å². The molecule has 1 aromatic heterocycles. The van der Waals surface area contributed by atoms with E-state index in [0.29, 0.717) is 24.7 Å². The lowest BCUT2D eigenvalue weighted by Gasteiger charge is -2.16. The van der Waals surface area contributed by atoms with Crippen molar-refractivity contribution in [3.05, 3.63) is 17.8 Å². The van der Waals surface area contributed by atoms with Crippen molar-refractivity contribution < 1.29 is 14.3 Å². The first-order chi connectivity index (χ1) is 8.58. The average Bonchev–Trinajstić information content (AvgIpc) is 2.35. The van der Waals surface area contributed by atoms with Gasteiger partial charge in [0.05, 0.1) is 18.4 Å². The predicted molar refractivity (Wildman–Crippen MR) is 68.3 cm³/mol. The Hall–Kier alpha value is -1.86. The molecule has 18 heavy (non-hydrogen) atoms. The fourth-order valence-corrected chi connectivity index (χ4v) is 1.36. The molecule has 1 unspecified atom stereocenters. The highest BCUT2D eigenvalue weighted by atomic mass is 16.5. The zero-order chi connectivity index (χ0) is 13.5. The van der Waals surface area contributed by atoms with Gasteiger partial charge in [-0.25, -0.2) is 4.98 Å². The number of nitrogens with two attached hydrogens (primary N) is 2. The predicted octanol–water partition coefficient (Wildman–Crippen LogP) is -0.164. The molecule has 0 aliphatic carbocycles. The van der Waals surface area contributed by atoms with Gasteiger partial charge in [0.2, 0.25) is 0 Å². The van der Waals surface area contributed by atoms with Gasteiger partial charge in [0.25, 0.3) is 5.91 Å². The zero-order valence-electron chi connectivity index (χ0n) is 10.5. The number of methoxy groups -OCH3 is 2. The molecule has 1 atom stereocenters. The van der Waals surface area contributed by atoms with Crippen LogP contribution in [0.2, 0.25) is 0 Å². The minimum atomic E-state index is -0.599. The first kappa shape index (κ1) is 14.2. The van der Waals surface area contributed by atoms with Gasteiger partial charge in [0.15, 0.2) is 0 Å². The third kappa shape index (κ3) is 3.86. The first-order valence-electron chi connectivity index (χ1n) is 5.40. The molecule has 1 rings (SSSR count). The summed E-state index contributed by atoms with van der Waals surface area (Å²) in [4.78, 5) is 15.0. The van der Waals surface area contributed by atoms with Gasteiger partial charge in [-0.15, -0.1) is 0 Å². The van der Waals surface area contributed by atoms with Crippen molar-refractivity contribution in [2.24, 2.45) is 5.73 Å². The monoisotopic (exact) mass is 254 g/mol. The number of hydrogen-bond donors (Lipinski definition) is 3. The fraction of sp³-hybridized carbons (Fsp3) is 0.455. The van der Waals surface area contributed by atoms with E-state index in [9.17, 15) is 4.79 Å². The van der Waals surface area contributed by atoms with E-state index in [0.717, 1.165) is 0 Å². The number of nitrogens with one attached hydrogen (secondary N) is 1. The maximum atomic E-state index is 11.0. The molecule has 0 bridgehead atoms. The van der Waals surface area contributed by atoms with Gasteiger partial charge >= 0.3 is 0 Å². The molecule has 7 heteroatoms. The number of ether oxygens (including phenoxy) is 2. The number of rotatable bonds is 7. The van der Waals surface area contributed by atoms with Crippen molar-refractivity contribution in [3.8, 4) is 0 Å². The standard InChI is InChI=1S/C11H18N4O3/c1-17-6-7(18-2)5-14-11-8(12)3-4-9(15-11)10(13)16/h3-4,7H,5-6,12H2,1-2H3,(H2,13,16)(H,14,15). The summed E-state index contributed by atoms with van der Waals surface area (Å²) < 4.78 is 10.2. The third-order valence-electron chi connectivity index (χ3n) is 2.36. The summed E-state index contributed by atoms with van der Waals surface area (Å²) in [7, 11) is 3.17. The van der Waals surface area contributed by atoms with Crippen molar-refractivity contribution >= 4 is 17.4 Å². The van der Waals surface area contributed by atoms with Gasteiger partial charge in [0.1, 0.15) is 11.5 Å². The highest BCUT2D eigenvalue weighted by Crippen LogP contribution is 2.15. The molecule has 1 heterocycles. The number of amides is 1. The number of nitrogen functional groups attached to an aromatic ring is 1. The van der Waals surface area contributed by atoms with Crippen LogP contribution in [0.1, 0.15) is 10.5 Å². The van der Waals surface area contributed by atoms with E-state index >= 15 is 0 Å². The number of hydrogen-bond acceptors (Lipinski definition) is 6. The highest BCUT2D eigenvalue weighted by Gasteiger charge is 2.10. The Balaban J connectivity index is 2.71. The van der Waals surface area contributed by atoms with Crippen molar-refractivity contribution in [2.45, 2.75) is 6.10 Å². The summed E-state index contributed by atoms with van der Waals surface area (Å²) in [6, 6.07) is 3.05.